The molecule has 0 aliphatic rings. The van der Waals surface area contributed by atoms with Gasteiger partial charge >= 0.3 is 5.97 Å². The summed E-state index contributed by atoms with van der Waals surface area (Å²) in [5.41, 5.74) is 0.680. The quantitative estimate of drug-likeness (QED) is 0.622. The zero-order chi connectivity index (χ0) is 13.5. The molecule has 0 spiro atoms. The molecule has 6 nitrogen and oxygen atoms in total. The minimum atomic E-state index is -0.964. The molecule has 1 aromatic carbocycles. The molecule has 1 rings (SSSR count). The van der Waals surface area contributed by atoms with E-state index >= 15 is 0 Å². The van der Waals surface area contributed by atoms with E-state index < -0.39 is 12.1 Å². The highest BCUT2D eigenvalue weighted by Crippen LogP contribution is 2.20. The van der Waals surface area contributed by atoms with Crippen molar-refractivity contribution >= 4 is 11.7 Å². The summed E-state index contributed by atoms with van der Waals surface area (Å²) in [6.45, 7) is 1.76. The van der Waals surface area contributed by atoms with Gasteiger partial charge in [0.15, 0.2) is 6.10 Å². The van der Waals surface area contributed by atoms with Gasteiger partial charge in [-0.3, -0.25) is 5.01 Å². The molecule has 0 bridgehead atoms. The van der Waals surface area contributed by atoms with Crippen molar-refractivity contribution in [2.45, 2.75) is 19.4 Å². The van der Waals surface area contributed by atoms with Crippen molar-refractivity contribution in [3.8, 4) is 5.75 Å². The average molecular weight is 251 g/mol. The Morgan fingerprint density at radius 2 is 2.00 bits per heavy atom. The van der Waals surface area contributed by atoms with Crippen LogP contribution in [0.5, 0.6) is 5.75 Å². The van der Waals surface area contributed by atoms with E-state index in [-0.39, 0.29) is 0 Å². The molecule has 0 fully saturated rings. The van der Waals surface area contributed by atoms with E-state index in [0.29, 0.717) is 17.9 Å². The Balaban J connectivity index is 2.68. The van der Waals surface area contributed by atoms with Gasteiger partial charge in [-0.25, -0.2) is 4.79 Å². The summed E-state index contributed by atoms with van der Waals surface area (Å²) in [6.07, 6.45) is -0.406. The van der Waals surface area contributed by atoms with Gasteiger partial charge in [0, 0.05) is 14.1 Å². The molecule has 0 aliphatic heterocycles. The minimum Gasteiger partial charge on any atom is -0.479 e. The SMILES string of the molecule is CCC(Oc1ccc(N=NN(C)C)cc1)C(=O)O. The molecule has 0 saturated heterocycles. The van der Waals surface area contributed by atoms with Gasteiger partial charge in [0.2, 0.25) is 0 Å². The fourth-order valence-corrected chi connectivity index (χ4v) is 1.21. The van der Waals surface area contributed by atoms with Gasteiger partial charge in [-0.05, 0) is 30.7 Å². The van der Waals surface area contributed by atoms with Crippen LogP contribution in [0.15, 0.2) is 34.6 Å². The first-order chi connectivity index (χ1) is 8.52. The molecule has 1 aromatic rings. The highest BCUT2D eigenvalue weighted by atomic mass is 16.5. The van der Waals surface area contributed by atoms with Crippen molar-refractivity contribution in [3.05, 3.63) is 24.3 Å². The number of aliphatic carboxylic acids is 1. The van der Waals surface area contributed by atoms with Crippen molar-refractivity contribution in [2.24, 2.45) is 10.3 Å². The molecule has 0 aromatic heterocycles. The molecule has 0 saturated carbocycles. The van der Waals surface area contributed by atoms with E-state index in [0.717, 1.165) is 0 Å². The number of hydrogen-bond donors (Lipinski definition) is 1. The predicted octanol–water partition coefficient (Wildman–Crippen LogP) is 2.49. The molecule has 18 heavy (non-hydrogen) atoms. The Kier molecular flexibility index (Phi) is 5.10. The first-order valence-corrected chi connectivity index (χ1v) is 5.61. The van der Waals surface area contributed by atoms with Crippen LogP contribution in [0, 0.1) is 0 Å². The molecule has 0 radical (unpaired) electrons. The minimum absolute atomic E-state index is 0.414. The Labute approximate surface area is 106 Å². The molecule has 6 heteroatoms. The van der Waals surface area contributed by atoms with E-state index in [4.69, 9.17) is 9.84 Å². The second-order valence-electron chi connectivity index (χ2n) is 3.88. The van der Waals surface area contributed by atoms with Crippen molar-refractivity contribution in [1.29, 1.82) is 0 Å². The first kappa shape index (κ1) is 14.0. The number of carboxylic acids is 1. The van der Waals surface area contributed by atoms with Gasteiger partial charge in [0.1, 0.15) is 5.75 Å². The third kappa shape index (κ3) is 4.40. The number of carboxylic acid groups (broad SMARTS) is 1. The molecular weight excluding hydrogens is 234 g/mol. The fraction of sp³-hybridized carbons (Fsp3) is 0.417. The summed E-state index contributed by atoms with van der Waals surface area (Å²) in [6, 6.07) is 6.79. The van der Waals surface area contributed by atoms with Gasteiger partial charge in [-0.15, -0.1) is 5.11 Å². The van der Waals surface area contributed by atoms with Crippen molar-refractivity contribution in [2.75, 3.05) is 14.1 Å². The van der Waals surface area contributed by atoms with Crippen molar-refractivity contribution in [1.82, 2.24) is 5.01 Å². The monoisotopic (exact) mass is 251 g/mol. The lowest BCUT2D eigenvalue weighted by atomic mass is 10.2. The molecule has 0 amide bonds. The Morgan fingerprint density at radius 1 is 1.39 bits per heavy atom. The maximum Gasteiger partial charge on any atom is 0.344 e. The Bertz CT molecular complexity index is 415. The highest BCUT2D eigenvalue weighted by molar-refractivity contribution is 5.72. The van der Waals surface area contributed by atoms with Crippen LogP contribution in [0.4, 0.5) is 5.69 Å². The van der Waals surface area contributed by atoms with E-state index in [2.05, 4.69) is 10.3 Å². The maximum atomic E-state index is 10.8. The van der Waals surface area contributed by atoms with Crippen LogP contribution >= 0.6 is 0 Å². The Morgan fingerprint density at radius 3 is 2.44 bits per heavy atom. The van der Waals surface area contributed by atoms with E-state index in [1.54, 1.807) is 50.3 Å². The average Bonchev–Trinajstić information content (AvgIpc) is 2.34. The lowest BCUT2D eigenvalue weighted by Crippen LogP contribution is -2.25. The fourth-order valence-electron chi connectivity index (χ4n) is 1.21. The van der Waals surface area contributed by atoms with E-state index in [9.17, 15) is 4.79 Å². The maximum absolute atomic E-state index is 10.8. The normalized spacial score (nSPS) is 12.4. The third-order valence-electron chi connectivity index (χ3n) is 2.10. The number of benzene rings is 1. The largest absolute Gasteiger partial charge is 0.479 e. The number of ether oxygens (including phenoxy) is 1. The molecule has 1 unspecified atom stereocenters. The lowest BCUT2D eigenvalue weighted by molar-refractivity contribution is -0.145. The third-order valence-corrected chi connectivity index (χ3v) is 2.10. The zero-order valence-corrected chi connectivity index (χ0v) is 10.7. The van der Waals surface area contributed by atoms with Crippen molar-refractivity contribution < 1.29 is 14.6 Å². The summed E-state index contributed by atoms with van der Waals surface area (Å²) in [5, 5.41) is 18.3. The lowest BCUT2D eigenvalue weighted by Gasteiger charge is -2.12. The van der Waals surface area contributed by atoms with Crippen LogP contribution in [-0.2, 0) is 4.79 Å². The molecule has 98 valence electrons. The van der Waals surface area contributed by atoms with Crippen LogP contribution in [-0.4, -0.2) is 36.3 Å². The van der Waals surface area contributed by atoms with E-state index in [1.165, 1.54) is 0 Å². The standard InChI is InChI=1S/C12H17N3O3/c1-4-11(12(16)17)18-10-7-5-9(6-8-10)13-14-15(2)3/h5-8,11H,4H2,1-3H3,(H,16,17). The van der Waals surface area contributed by atoms with E-state index in [1.807, 2.05) is 0 Å². The molecule has 0 heterocycles. The number of hydrogen-bond acceptors (Lipinski definition) is 4. The molecule has 0 aliphatic carbocycles. The van der Waals surface area contributed by atoms with Gasteiger partial charge in [-0.2, -0.15) is 0 Å². The van der Waals surface area contributed by atoms with Crippen molar-refractivity contribution in [3.63, 3.8) is 0 Å². The van der Waals surface area contributed by atoms with Gasteiger partial charge < -0.3 is 9.84 Å². The van der Waals surface area contributed by atoms with Gasteiger partial charge in [-0.1, -0.05) is 12.1 Å². The zero-order valence-electron chi connectivity index (χ0n) is 10.7. The molecule has 1 atom stereocenters. The van der Waals surface area contributed by atoms with Gasteiger partial charge in [0.25, 0.3) is 0 Å². The molecular formula is C12H17N3O3. The summed E-state index contributed by atoms with van der Waals surface area (Å²) in [7, 11) is 3.55. The van der Waals surface area contributed by atoms with Crippen LogP contribution in [0.25, 0.3) is 0 Å². The summed E-state index contributed by atoms with van der Waals surface area (Å²) >= 11 is 0. The number of rotatable bonds is 6. The summed E-state index contributed by atoms with van der Waals surface area (Å²) < 4.78 is 5.32. The predicted molar refractivity (Wildman–Crippen MR) is 67.0 cm³/mol. The second kappa shape index (κ2) is 6.58. The first-order valence-electron chi connectivity index (χ1n) is 5.61. The topological polar surface area (TPSA) is 74.5 Å². The number of nitrogens with zero attached hydrogens (tertiary/aromatic N) is 3. The van der Waals surface area contributed by atoms with Crippen LogP contribution in [0.2, 0.25) is 0 Å². The van der Waals surface area contributed by atoms with Gasteiger partial charge in [0.05, 0.1) is 5.69 Å². The van der Waals surface area contributed by atoms with Crippen LogP contribution in [0.1, 0.15) is 13.3 Å². The molecule has 1 N–H and O–H groups in total. The second-order valence-corrected chi connectivity index (χ2v) is 3.88. The Hall–Kier alpha value is -2.11. The summed E-state index contributed by atoms with van der Waals surface area (Å²) in [5.74, 6) is -0.457. The smallest absolute Gasteiger partial charge is 0.344 e. The van der Waals surface area contributed by atoms with Crippen LogP contribution < -0.4 is 4.74 Å². The summed E-state index contributed by atoms with van der Waals surface area (Å²) in [4.78, 5) is 10.8. The highest BCUT2D eigenvalue weighted by Gasteiger charge is 2.16. The number of carbonyl (C=O) groups is 1. The van der Waals surface area contributed by atoms with Crippen LogP contribution in [0.3, 0.4) is 0 Å².